The Morgan fingerprint density at radius 1 is 1.43 bits per heavy atom. The van der Waals surface area contributed by atoms with E-state index in [4.69, 9.17) is 0 Å². The maximum atomic E-state index is 11.6. The van der Waals surface area contributed by atoms with Crippen LogP contribution in [0.25, 0.3) is 0 Å². The molecule has 0 aromatic carbocycles. The summed E-state index contributed by atoms with van der Waals surface area (Å²) < 4.78 is 0. The molecule has 0 radical (unpaired) electrons. The van der Waals surface area contributed by atoms with Crippen molar-refractivity contribution in [3.05, 3.63) is 0 Å². The lowest BCUT2D eigenvalue weighted by Gasteiger charge is -2.15. The summed E-state index contributed by atoms with van der Waals surface area (Å²) in [6.45, 7) is 4.24. The van der Waals surface area contributed by atoms with Crippen molar-refractivity contribution in [1.82, 2.24) is 9.80 Å². The zero-order valence-corrected chi connectivity index (χ0v) is 8.40. The number of carbonyl (C=O) groups excluding carboxylic acids is 3. The number of hydrogen-bond acceptors (Lipinski definition) is 3. The molecule has 1 aliphatic heterocycles. The highest BCUT2D eigenvalue weighted by Crippen LogP contribution is 2.16. The summed E-state index contributed by atoms with van der Waals surface area (Å²) in [5, 5.41) is 0. The van der Waals surface area contributed by atoms with Gasteiger partial charge in [-0.15, -0.1) is 0 Å². The number of nitrogens with zero attached hydrogens (tertiary/aromatic N) is 2. The van der Waals surface area contributed by atoms with Crippen molar-refractivity contribution in [3.8, 4) is 0 Å². The van der Waals surface area contributed by atoms with Gasteiger partial charge in [-0.2, -0.15) is 0 Å². The predicted octanol–water partition coefficient (Wildman–Crippen LogP) is 0.248. The van der Waals surface area contributed by atoms with Crippen LogP contribution in [0.2, 0.25) is 0 Å². The molecule has 1 rings (SSSR count). The van der Waals surface area contributed by atoms with Crippen LogP contribution in [0.4, 0.5) is 4.79 Å². The van der Waals surface area contributed by atoms with Gasteiger partial charge in [-0.1, -0.05) is 0 Å². The largest absolute Gasteiger partial charge is 0.327 e. The van der Waals surface area contributed by atoms with Crippen LogP contribution in [0.15, 0.2) is 0 Å². The monoisotopic (exact) mass is 198 g/mol. The van der Waals surface area contributed by atoms with E-state index < -0.39 is 0 Å². The van der Waals surface area contributed by atoms with Crippen LogP contribution in [-0.2, 0) is 9.59 Å². The van der Waals surface area contributed by atoms with E-state index in [1.165, 1.54) is 4.90 Å². The van der Waals surface area contributed by atoms with E-state index in [2.05, 4.69) is 0 Å². The molecular formula is C9H14N2O3. The standard InChI is InChI=1S/C9H14N2O3/c1-3-10-7(2)8(13)11(9(10)14)5-4-6-12/h6-7H,3-5H2,1-2H3. The summed E-state index contributed by atoms with van der Waals surface area (Å²) in [6, 6.07) is -0.675. The van der Waals surface area contributed by atoms with Crippen LogP contribution in [0, 0.1) is 0 Å². The molecule has 1 unspecified atom stereocenters. The number of urea groups is 1. The van der Waals surface area contributed by atoms with Crippen molar-refractivity contribution in [1.29, 1.82) is 0 Å². The first kappa shape index (κ1) is 10.7. The average molecular weight is 198 g/mol. The summed E-state index contributed by atoms with van der Waals surface area (Å²) >= 11 is 0. The lowest BCUT2D eigenvalue weighted by atomic mass is 10.3. The van der Waals surface area contributed by atoms with Crippen LogP contribution >= 0.6 is 0 Å². The van der Waals surface area contributed by atoms with Crippen molar-refractivity contribution in [2.24, 2.45) is 0 Å². The van der Waals surface area contributed by atoms with Gasteiger partial charge in [0.05, 0.1) is 0 Å². The number of amides is 3. The summed E-state index contributed by atoms with van der Waals surface area (Å²) in [5.74, 6) is -0.210. The molecule has 1 atom stereocenters. The van der Waals surface area contributed by atoms with Crippen LogP contribution in [0.3, 0.4) is 0 Å². The van der Waals surface area contributed by atoms with Crippen LogP contribution in [-0.4, -0.2) is 47.2 Å². The van der Waals surface area contributed by atoms with Gasteiger partial charge in [-0.25, -0.2) is 4.79 Å². The lowest BCUT2D eigenvalue weighted by molar-refractivity contribution is -0.128. The Balaban J connectivity index is 2.73. The fourth-order valence-corrected chi connectivity index (χ4v) is 1.57. The minimum absolute atomic E-state index is 0.196. The Morgan fingerprint density at radius 2 is 2.07 bits per heavy atom. The van der Waals surface area contributed by atoms with E-state index in [1.54, 1.807) is 6.92 Å². The van der Waals surface area contributed by atoms with Gasteiger partial charge in [0, 0.05) is 19.5 Å². The second kappa shape index (κ2) is 4.21. The Bertz CT molecular complexity index is 265. The Labute approximate surface area is 82.7 Å². The second-order valence-electron chi connectivity index (χ2n) is 3.19. The third kappa shape index (κ3) is 1.62. The number of hydrogen-bond donors (Lipinski definition) is 0. The maximum Gasteiger partial charge on any atom is 0.327 e. The molecule has 1 aliphatic rings. The van der Waals surface area contributed by atoms with Gasteiger partial charge in [0.15, 0.2) is 0 Å². The van der Waals surface area contributed by atoms with Gasteiger partial charge in [0.1, 0.15) is 12.3 Å². The van der Waals surface area contributed by atoms with Crippen LogP contribution in [0.1, 0.15) is 20.3 Å². The Hall–Kier alpha value is -1.39. The highest BCUT2D eigenvalue weighted by molar-refractivity contribution is 6.04. The molecule has 0 bridgehead atoms. The van der Waals surface area contributed by atoms with Gasteiger partial charge in [-0.05, 0) is 13.8 Å². The zero-order valence-electron chi connectivity index (χ0n) is 8.40. The van der Waals surface area contributed by atoms with Gasteiger partial charge in [0.2, 0.25) is 0 Å². The van der Waals surface area contributed by atoms with Gasteiger partial charge < -0.3 is 9.69 Å². The Morgan fingerprint density at radius 3 is 2.50 bits per heavy atom. The molecule has 3 amide bonds. The molecule has 1 saturated heterocycles. The summed E-state index contributed by atoms with van der Waals surface area (Å²) in [7, 11) is 0. The van der Waals surface area contributed by atoms with Crippen molar-refractivity contribution in [3.63, 3.8) is 0 Å². The zero-order chi connectivity index (χ0) is 10.7. The highest BCUT2D eigenvalue weighted by Gasteiger charge is 2.40. The molecule has 78 valence electrons. The van der Waals surface area contributed by atoms with E-state index in [9.17, 15) is 14.4 Å². The molecule has 0 aliphatic carbocycles. The summed E-state index contributed by atoms with van der Waals surface area (Å²) in [4.78, 5) is 35.9. The smallest absolute Gasteiger partial charge is 0.313 e. The predicted molar refractivity (Wildman–Crippen MR) is 49.6 cm³/mol. The average Bonchev–Trinajstić information content (AvgIpc) is 2.37. The van der Waals surface area contributed by atoms with E-state index in [0.717, 1.165) is 4.90 Å². The number of rotatable bonds is 4. The quantitative estimate of drug-likeness (QED) is 0.480. The molecule has 0 saturated carbocycles. The molecule has 0 aromatic heterocycles. The summed E-state index contributed by atoms with van der Waals surface area (Å²) in [5.41, 5.74) is 0. The van der Waals surface area contributed by atoms with Gasteiger partial charge in [-0.3, -0.25) is 9.69 Å². The number of carbonyl (C=O) groups is 3. The van der Waals surface area contributed by atoms with Crippen molar-refractivity contribution < 1.29 is 14.4 Å². The SMILES string of the molecule is CCN1C(=O)N(CCC=O)C(=O)C1C. The molecule has 14 heavy (non-hydrogen) atoms. The number of likely N-dealkylation sites (N-methyl/N-ethyl adjacent to an activating group) is 1. The fraction of sp³-hybridized carbons (Fsp3) is 0.667. The van der Waals surface area contributed by atoms with Crippen molar-refractivity contribution in [2.45, 2.75) is 26.3 Å². The first-order valence-corrected chi connectivity index (χ1v) is 4.69. The second-order valence-corrected chi connectivity index (χ2v) is 3.19. The summed E-state index contributed by atoms with van der Waals surface area (Å²) in [6.07, 6.45) is 0.918. The van der Waals surface area contributed by atoms with E-state index in [1.807, 2.05) is 6.92 Å². The fourth-order valence-electron chi connectivity index (χ4n) is 1.57. The van der Waals surface area contributed by atoms with E-state index in [0.29, 0.717) is 12.8 Å². The minimum Gasteiger partial charge on any atom is -0.313 e. The molecule has 0 spiro atoms. The molecule has 0 aromatic rings. The third-order valence-corrected chi connectivity index (χ3v) is 2.38. The number of imide groups is 1. The maximum absolute atomic E-state index is 11.6. The van der Waals surface area contributed by atoms with E-state index in [-0.39, 0.29) is 30.9 Å². The molecular weight excluding hydrogens is 184 g/mol. The van der Waals surface area contributed by atoms with Crippen LogP contribution < -0.4 is 0 Å². The first-order valence-electron chi connectivity index (χ1n) is 4.69. The molecule has 1 heterocycles. The minimum atomic E-state index is -0.390. The highest BCUT2D eigenvalue weighted by atomic mass is 16.2. The normalized spacial score (nSPS) is 22.0. The molecule has 1 fully saturated rings. The molecule has 0 N–H and O–H groups in total. The van der Waals surface area contributed by atoms with E-state index >= 15 is 0 Å². The third-order valence-electron chi connectivity index (χ3n) is 2.38. The first-order chi connectivity index (χ1) is 6.63. The number of aldehydes is 1. The van der Waals surface area contributed by atoms with Crippen molar-refractivity contribution >= 4 is 18.2 Å². The molecule has 5 heteroatoms. The van der Waals surface area contributed by atoms with Gasteiger partial charge >= 0.3 is 6.03 Å². The van der Waals surface area contributed by atoms with Crippen molar-refractivity contribution in [2.75, 3.05) is 13.1 Å². The Kier molecular flexibility index (Phi) is 3.22. The molecule has 5 nitrogen and oxygen atoms in total. The van der Waals surface area contributed by atoms with Gasteiger partial charge in [0.25, 0.3) is 5.91 Å². The van der Waals surface area contributed by atoms with Crippen LogP contribution in [0.5, 0.6) is 0 Å². The topological polar surface area (TPSA) is 57.7 Å². The lowest BCUT2D eigenvalue weighted by Crippen LogP contribution is -2.34.